The smallest absolute Gasteiger partial charge is 0.338 e. The Balaban J connectivity index is 2.13. The van der Waals surface area contributed by atoms with Gasteiger partial charge in [0.15, 0.2) is 0 Å². The van der Waals surface area contributed by atoms with Crippen LogP contribution >= 0.6 is 0 Å². The lowest BCUT2D eigenvalue weighted by molar-refractivity contribution is -0.130. The van der Waals surface area contributed by atoms with E-state index in [1.807, 2.05) is 12.1 Å². The van der Waals surface area contributed by atoms with Crippen molar-refractivity contribution < 1.29 is 14.3 Å². The Hall–Kier alpha value is -2.81. The number of hydrogen-bond donors (Lipinski definition) is 0. The first-order valence-electron chi connectivity index (χ1n) is 10.1. The third-order valence-electron chi connectivity index (χ3n) is 5.34. The average Bonchev–Trinajstić information content (AvgIpc) is 2.67. The lowest BCUT2D eigenvalue weighted by atomic mass is 9.85. The number of hydrogen-bond acceptors (Lipinski definition) is 3. The van der Waals surface area contributed by atoms with Crippen LogP contribution in [-0.2, 0) is 17.6 Å². The van der Waals surface area contributed by atoms with Crippen molar-refractivity contribution in [2.45, 2.75) is 53.4 Å². The number of benzene rings is 2. The van der Waals surface area contributed by atoms with Gasteiger partial charge in [0.2, 0.25) is 0 Å². The molecule has 0 aliphatic heterocycles. The molecule has 0 saturated carbocycles. The van der Waals surface area contributed by atoms with Crippen molar-refractivity contribution in [3.05, 3.63) is 70.3 Å². The molecule has 0 aromatic heterocycles. The molecule has 3 nitrogen and oxygen atoms in total. The lowest BCUT2D eigenvalue weighted by Gasteiger charge is -2.25. The van der Waals surface area contributed by atoms with Crippen molar-refractivity contribution in [3.63, 3.8) is 0 Å². The van der Waals surface area contributed by atoms with Crippen molar-refractivity contribution in [2.24, 2.45) is 0 Å². The van der Waals surface area contributed by atoms with Gasteiger partial charge in [-0.3, -0.25) is 0 Å². The van der Waals surface area contributed by atoms with Crippen molar-refractivity contribution in [1.82, 2.24) is 0 Å². The highest BCUT2D eigenvalue weighted by Gasteiger charge is 2.25. The molecule has 0 heterocycles. The van der Waals surface area contributed by atoms with Crippen molar-refractivity contribution in [3.8, 4) is 11.5 Å². The largest absolute Gasteiger partial charge is 0.496 e. The molecular formula is C26H30O3. The van der Waals surface area contributed by atoms with E-state index in [9.17, 15) is 4.79 Å². The van der Waals surface area contributed by atoms with Crippen LogP contribution in [0.5, 0.6) is 11.5 Å². The molecule has 2 aromatic rings. The molecule has 2 aromatic carbocycles. The Morgan fingerprint density at radius 2 is 1.90 bits per heavy atom. The average molecular weight is 391 g/mol. The molecule has 0 radical (unpaired) electrons. The lowest BCUT2D eigenvalue weighted by Crippen LogP contribution is -2.14. The SMILES string of the molecule is C=C(C)C(=O)Oc1c2c(c(OC)c3cc(C)ccc13)CC=C(CCC=C(C)C)C2. The van der Waals surface area contributed by atoms with Gasteiger partial charge < -0.3 is 9.47 Å². The molecule has 0 N–H and O–H groups in total. The van der Waals surface area contributed by atoms with E-state index in [1.165, 1.54) is 11.1 Å². The zero-order chi connectivity index (χ0) is 21.1. The van der Waals surface area contributed by atoms with E-state index in [4.69, 9.17) is 9.47 Å². The predicted molar refractivity (Wildman–Crippen MR) is 120 cm³/mol. The Labute approximate surface area is 173 Å². The van der Waals surface area contributed by atoms with Gasteiger partial charge in [0.25, 0.3) is 0 Å². The first kappa shape index (κ1) is 20.9. The fraction of sp³-hybridized carbons (Fsp3) is 0.346. The Morgan fingerprint density at radius 3 is 2.55 bits per heavy atom. The van der Waals surface area contributed by atoms with Crippen molar-refractivity contribution in [1.29, 1.82) is 0 Å². The zero-order valence-electron chi connectivity index (χ0n) is 18.1. The molecule has 0 fully saturated rings. The fourth-order valence-electron chi connectivity index (χ4n) is 3.86. The summed E-state index contributed by atoms with van der Waals surface area (Å²) in [6, 6.07) is 6.16. The second-order valence-electron chi connectivity index (χ2n) is 8.10. The number of allylic oxidation sites excluding steroid dienone is 4. The first-order chi connectivity index (χ1) is 13.8. The molecule has 0 saturated heterocycles. The summed E-state index contributed by atoms with van der Waals surface area (Å²) in [5, 5.41) is 1.89. The van der Waals surface area contributed by atoms with Gasteiger partial charge in [0.1, 0.15) is 11.5 Å². The van der Waals surface area contributed by atoms with Crippen LogP contribution < -0.4 is 9.47 Å². The molecule has 3 heteroatoms. The molecule has 0 spiro atoms. The van der Waals surface area contributed by atoms with Crippen LogP contribution in [0.3, 0.4) is 0 Å². The number of methoxy groups -OCH3 is 1. The van der Waals surface area contributed by atoms with Gasteiger partial charge in [-0.05, 0) is 59.4 Å². The standard InChI is InChI=1S/C26H30O3/c1-16(2)8-7-9-19-11-13-20-23(15-19)25(29-26(27)17(3)4)21-12-10-18(5)14-22(21)24(20)28-6/h8,10-12,14H,3,7,9,13,15H2,1-2,4-6H3. The number of aryl methyl sites for hydroxylation is 1. The molecule has 0 unspecified atom stereocenters. The minimum atomic E-state index is -0.389. The van der Waals surface area contributed by atoms with Gasteiger partial charge in [0, 0.05) is 27.5 Å². The summed E-state index contributed by atoms with van der Waals surface area (Å²) in [6.07, 6.45) is 8.15. The number of esters is 1. The highest BCUT2D eigenvalue weighted by atomic mass is 16.5. The highest BCUT2D eigenvalue weighted by molar-refractivity contribution is 6.00. The molecule has 29 heavy (non-hydrogen) atoms. The number of carbonyl (C=O) groups is 1. The maximum Gasteiger partial charge on any atom is 0.338 e. The van der Waals surface area contributed by atoms with Crippen LogP contribution in [0.25, 0.3) is 10.8 Å². The van der Waals surface area contributed by atoms with E-state index in [1.54, 1.807) is 14.0 Å². The zero-order valence-corrected chi connectivity index (χ0v) is 18.1. The van der Waals surface area contributed by atoms with Crippen molar-refractivity contribution >= 4 is 16.7 Å². The molecule has 0 bridgehead atoms. The van der Waals surface area contributed by atoms with Gasteiger partial charge in [-0.25, -0.2) is 4.79 Å². The number of fused-ring (bicyclic) bond motifs is 2. The highest BCUT2D eigenvalue weighted by Crippen LogP contribution is 2.44. The molecular weight excluding hydrogens is 360 g/mol. The van der Waals surface area contributed by atoms with E-state index in [2.05, 4.69) is 45.6 Å². The topological polar surface area (TPSA) is 35.5 Å². The Bertz CT molecular complexity index is 1030. The van der Waals surface area contributed by atoms with Gasteiger partial charge in [-0.2, -0.15) is 0 Å². The van der Waals surface area contributed by atoms with Crippen LogP contribution in [0.4, 0.5) is 0 Å². The monoisotopic (exact) mass is 390 g/mol. The van der Waals surface area contributed by atoms with E-state index < -0.39 is 0 Å². The van der Waals surface area contributed by atoms with Crippen LogP contribution in [0.2, 0.25) is 0 Å². The Morgan fingerprint density at radius 1 is 1.14 bits per heavy atom. The van der Waals surface area contributed by atoms with E-state index in [0.29, 0.717) is 11.3 Å². The fourth-order valence-corrected chi connectivity index (χ4v) is 3.86. The van der Waals surface area contributed by atoms with Crippen LogP contribution in [0.1, 0.15) is 50.3 Å². The van der Waals surface area contributed by atoms with E-state index in [0.717, 1.165) is 58.9 Å². The van der Waals surface area contributed by atoms with Crippen LogP contribution in [-0.4, -0.2) is 13.1 Å². The van der Waals surface area contributed by atoms with Crippen LogP contribution in [0, 0.1) is 6.92 Å². The number of ether oxygens (including phenoxy) is 2. The minimum absolute atomic E-state index is 0.389. The second kappa shape index (κ2) is 8.69. The summed E-state index contributed by atoms with van der Waals surface area (Å²) in [6.45, 7) is 11.7. The molecule has 3 rings (SSSR count). The molecule has 1 aliphatic rings. The van der Waals surface area contributed by atoms with Crippen molar-refractivity contribution in [2.75, 3.05) is 7.11 Å². The molecule has 1 aliphatic carbocycles. The third kappa shape index (κ3) is 4.45. The van der Waals surface area contributed by atoms with Gasteiger partial charge in [0.05, 0.1) is 7.11 Å². The summed E-state index contributed by atoms with van der Waals surface area (Å²) >= 11 is 0. The first-order valence-corrected chi connectivity index (χ1v) is 10.1. The maximum absolute atomic E-state index is 12.4. The van der Waals surface area contributed by atoms with Gasteiger partial charge in [-0.1, -0.05) is 47.6 Å². The van der Waals surface area contributed by atoms with Crippen LogP contribution in [0.15, 0.2) is 53.6 Å². The van der Waals surface area contributed by atoms with E-state index >= 15 is 0 Å². The summed E-state index contributed by atoms with van der Waals surface area (Å²) < 4.78 is 11.7. The third-order valence-corrected chi connectivity index (χ3v) is 5.34. The molecule has 0 atom stereocenters. The normalized spacial score (nSPS) is 12.8. The number of rotatable bonds is 6. The van der Waals surface area contributed by atoms with Gasteiger partial charge in [-0.15, -0.1) is 0 Å². The summed E-state index contributed by atoms with van der Waals surface area (Å²) in [5.41, 5.74) is 6.41. The minimum Gasteiger partial charge on any atom is -0.496 e. The molecule has 152 valence electrons. The second-order valence-corrected chi connectivity index (χ2v) is 8.10. The quantitative estimate of drug-likeness (QED) is 0.247. The summed E-state index contributed by atoms with van der Waals surface area (Å²) in [5.74, 6) is 1.14. The van der Waals surface area contributed by atoms with E-state index in [-0.39, 0.29) is 5.97 Å². The summed E-state index contributed by atoms with van der Waals surface area (Å²) in [4.78, 5) is 12.4. The summed E-state index contributed by atoms with van der Waals surface area (Å²) in [7, 11) is 1.71. The maximum atomic E-state index is 12.4. The molecule has 0 amide bonds. The Kier molecular flexibility index (Phi) is 6.26. The predicted octanol–water partition coefficient (Wildman–Crippen LogP) is 6.41. The van der Waals surface area contributed by atoms with Gasteiger partial charge >= 0.3 is 5.97 Å². The number of carbonyl (C=O) groups excluding carboxylic acids is 1.